The van der Waals surface area contributed by atoms with E-state index in [4.69, 9.17) is 0 Å². The number of aliphatic hydroxyl groups is 2. The van der Waals surface area contributed by atoms with Crippen molar-refractivity contribution in [2.24, 2.45) is 0 Å². The molecule has 0 saturated carbocycles. The van der Waals surface area contributed by atoms with Gasteiger partial charge in [0.25, 0.3) is 0 Å². The summed E-state index contributed by atoms with van der Waals surface area (Å²) in [6.45, 7) is 51.5. The van der Waals surface area contributed by atoms with Gasteiger partial charge in [0.05, 0.1) is 0 Å². The quantitative estimate of drug-likeness (QED) is 0.0600. The highest BCUT2D eigenvalue weighted by molar-refractivity contribution is 5.59. The molecule has 0 aromatic heterocycles. The maximum Gasteiger partial charge on any atom is 0.120 e. The van der Waals surface area contributed by atoms with Crippen molar-refractivity contribution in [3.05, 3.63) is 111 Å². The second kappa shape index (κ2) is 65.4. The van der Waals surface area contributed by atoms with Crippen molar-refractivity contribution < 1.29 is 10.2 Å². The number of hydrogen-bond acceptors (Lipinski definition) is 2. The van der Waals surface area contributed by atoms with Crippen molar-refractivity contribution in [2.75, 3.05) is 0 Å². The molecule has 0 rings (SSSR count). The number of rotatable bonds is 40. The van der Waals surface area contributed by atoms with Crippen LogP contribution in [0.3, 0.4) is 0 Å². The van der Waals surface area contributed by atoms with Gasteiger partial charge in [0.2, 0.25) is 0 Å². The Hall–Kier alpha value is -7.96. The van der Waals surface area contributed by atoms with Gasteiger partial charge in [-0.25, -0.2) is 0 Å². The van der Waals surface area contributed by atoms with E-state index in [1.165, 1.54) is 0 Å². The number of allylic oxidation sites excluding steroid dienone is 20. The van der Waals surface area contributed by atoms with Gasteiger partial charge in [-0.3, -0.25) is 0 Å². The van der Waals surface area contributed by atoms with Crippen LogP contribution in [0.25, 0.3) is 0 Å². The monoisotopic (exact) mass is 1510 g/mol. The number of hydrogen-bond donors (Lipinski definition) is 2. The fourth-order valence-electron chi connectivity index (χ4n) is 12.7. The SMILES string of the molecule is CCC/C(C#CC#C/C(CCC)=C(/C#C/C(CCC)=C(/C#C/C(CCC)=C(/C#C/C(CCC)=C(/C#C/C(CCC)=C(/C#CC(C)(C)O)CCC)CCC)CCC)CCC)CCC)=C(\C#C/C(CCC)=C(/C#C/C(CCC)=C(/C#C/C(CCC)=C(/C#C/C(CCC)=C(/C#CC(C)(C)O)CCC)CCC)CCC)CCC)CCC. The standard InChI is InChI=1S/C110H154O2/c1-25-47-89(91(49-27-3)69-71-93(51-29-5)95(53-31-7)73-75-97(55-33-9)99(57-35-11)77-79-101(59-37-13)103(61-39-15)81-83-105(63-41-17)107(65-43-19)85-87-109(21,22)111)67-45-46-68-90(48-26-2)92(50-28-4)70-72-94(52-30-6)96(54-32-8)74-76-98(56-34-10)100(58-36-12)78-80-102(60-38-14)104(62-40-16)82-84-106(64-42-18)108(66-44-20)86-88-110(23,24)112/h111-112H,25-44,47-66H2,1-24H3/b91-89+,92-90+,95-93+,96-94+,99-97+,100-98+,103-101+,104-102+,107-105+,108-106+. The summed E-state index contributed by atoms with van der Waals surface area (Å²) in [7, 11) is 0. The van der Waals surface area contributed by atoms with E-state index < -0.39 is 11.2 Å². The first kappa shape index (κ1) is 104. The molecule has 0 aliphatic heterocycles. The normalized spacial score (nSPS) is 13.1. The third-order valence-electron chi connectivity index (χ3n) is 18.1. The molecule has 0 bridgehead atoms. The van der Waals surface area contributed by atoms with Gasteiger partial charge in [0.1, 0.15) is 11.2 Å². The minimum atomic E-state index is -1.07. The van der Waals surface area contributed by atoms with E-state index in [0.29, 0.717) is 0 Å². The maximum absolute atomic E-state index is 10.5. The van der Waals surface area contributed by atoms with Crippen LogP contribution in [0.15, 0.2) is 111 Å². The van der Waals surface area contributed by atoms with E-state index in [2.05, 4.69) is 281 Å². The van der Waals surface area contributed by atoms with Gasteiger partial charge in [-0.1, -0.05) is 397 Å². The van der Waals surface area contributed by atoms with Gasteiger partial charge >= 0.3 is 0 Å². The molecule has 0 aliphatic carbocycles. The molecule has 2 N–H and O–H groups in total. The summed E-state index contributed by atoms with van der Waals surface area (Å²) in [5, 5.41) is 21.0. The van der Waals surface area contributed by atoms with Crippen LogP contribution in [-0.4, -0.2) is 21.4 Å². The zero-order valence-electron chi connectivity index (χ0n) is 76.2. The Kier molecular flexibility index (Phi) is 60.8. The van der Waals surface area contributed by atoms with E-state index in [-0.39, 0.29) is 0 Å². The molecular weight excluding hydrogens is 1350 g/mol. The summed E-state index contributed by atoms with van der Waals surface area (Å²) in [6.07, 6.45) is 36.7. The second-order valence-electron chi connectivity index (χ2n) is 30.7. The minimum absolute atomic E-state index is 0.841. The molecule has 2 nitrogen and oxygen atoms in total. The Bertz CT molecular complexity index is 3840. The lowest BCUT2D eigenvalue weighted by Gasteiger charge is -2.09. The van der Waals surface area contributed by atoms with E-state index in [1.54, 1.807) is 27.7 Å². The first-order valence-corrected chi connectivity index (χ1v) is 44.9. The predicted molar refractivity (Wildman–Crippen MR) is 494 cm³/mol. The summed E-state index contributed by atoms with van der Waals surface area (Å²) in [5.41, 5.74) is 20.1. The lowest BCUT2D eigenvalue weighted by atomic mass is 9.95. The highest BCUT2D eigenvalue weighted by atomic mass is 16.3. The first-order valence-electron chi connectivity index (χ1n) is 44.9. The predicted octanol–water partition coefficient (Wildman–Crippen LogP) is 29.5. The molecule has 0 aromatic rings. The van der Waals surface area contributed by atoms with Crippen molar-refractivity contribution in [3.8, 4) is 142 Å². The summed E-state index contributed by atoms with van der Waals surface area (Å²) < 4.78 is 0. The molecule has 0 aromatic carbocycles. The molecule has 112 heavy (non-hydrogen) atoms. The zero-order chi connectivity index (χ0) is 83.8. The molecule has 0 atom stereocenters. The summed E-state index contributed by atoms with van der Waals surface area (Å²) in [4.78, 5) is 0. The fourth-order valence-corrected chi connectivity index (χ4v) is 12.7. The Morgan fingerprint density at radius 3 is 0.304 bits per heavy atom. The molecule has 0 amide bonds. The van der Waals surface area contributed by atoms with Crippen LogP contribution >= 0.6 is 0 Å². The third kappa shape index (κ3) is 45.7. The van der Waals surface area contributed by atoms with E-state index in [0.717, 1.165) is 368 Å². The lowest BCUT2D eigenvalue weighted by molar-refractivity contribution is 0.143. The van der Waals surface area contributed by atoms with Crippen LogP contribution in [0.4, 0.5) is 0 Å². The smallest absolute Gasteiger partial charge is 0.120 e. The van der Waals surface area contributed by atoms with Crippen LogP contribution in [0.5, 0.6) is 0 Å². The zero-order valence-corrected chi connectivity index (χ0v) is 76.2. The van der Waals surface area contributed by atoms with Crippen LogP contribution in [-0.2, 0) is 0 Å². The van der Waals surface area contributed by atoms with Crippen LogP contribution in [0.2, 0.25) is 0 Å². The van der Waals surface area contributed by atoms with Gasteiger partial charge < -0.3 is 10.2 Å². The molecule has 0 fully saturated rings. The molecular formula is C110H154O2. The van der Waals surface area contributed by atoms with Crippen molar-refractivity contribution in [1.29, 1.82) is 0 Å². The van der Waals surface area contributed by atoms with E-state index in [9.17, 15) is 10.2 Å². The lowest BCUT2D eigenvalue weighted by Crippen LogP contribution is -2.14. The molecule has 0 saturated heterocycles. The first-order chi connectivity index (χ1) is 54.0. The van der Waals surface area contributed by atoms with Crippen molar-refractivity contribution >= 4 is 0 Å². The van der Waals surface area contributed by atoms with Gasteiger partial charge in [-0.15, -0.1) is 0 Å². The summed E-state index contributed by atoms with van der Waals surface area (Å²) in [5.74, 6) is 86.5. The van der Waals surface area contributed by atoms with Crippen molar-refractivity contribution in [1.82, 2.24) is 0 Å². The van der Waals surface area contributed by atoms with E-state index >= 15 is 0 Å². The molecule has 0 radical (unpaired) electrons. The Balaban J connectivity index is 8.86. The van der Waals surface area contributed by atoms with Gasteiger partial charge in [0, 0.05) is 111 Å². The molecule has 0 heterocycles. The Labute approximate surface area is 693 Å². The highest BCUT2D eigenvalue weighted by Crippen LogP contribution is 2.27. The second-order valence-corrected chi connectivity index (χ2v) is 30.7. The van der Waals surface area contributed by atoms with Crippen LogP contribution < -0.4 is 0 Å². The largest absolute Gasteiger partial charge is 0.378 e. The third-order valence-corrected chi connectivity index (χ3v) is 18.1. The minimum Gasteiger partial charge on any atom is -0.378 e. The van der Waals surface area contributed by atoms with Crippen molar-refractivity contribution in [3.63, 3.8) is 0 Å². The molecule has 0 unspecified atom stereocenters. The fraction of sp³-hybridized carbons (Fsp3) is 0.600. The van der Waals surface area contributed by atoms with E-state index in [1.807, 2.05) is 0 Å². The van der Waals surface area contributed by atoms with Gasteiger partial charge in [-0.2, -0.15) is 0 Å². The molecule has 2 heteroatoms. The van der Waals surface area contributed by atoms with Gasteiger partial charge in [0.15, 0.2) is 0 Å². The summed E-state index contributed by atoms with van der Waals surface area (Å²) in [6, 6.07) is 0. The average molecular weight is 1510 g/mol. The van der Waals surface area contributed by atoms with Gasteiger partial charge in [-0.05, 0) is 168 Å². The van der Waals surface area contributed by atoms with Crippen LogP contribution in [0, 0.1) is 142 Å². The molecule has 0 aliphatic rings. The topological polar surface area (TPSA) is 40.5 Å². The van der Waals surface area contributed by atoms with Crippen LogP contribution in [0.1, 0.15) is 423 Å². The average Bonchev–Trinajstić information content (AvgIpc) is 0.878. The highest BCUT2D eigenvalue weighted by Gasteiger charge is 2.15. The summed E-state index contributed by atoms with van der Waals surface area (Å²) >= 11 is 0. The Morgan fingerprint density at radius 2 is 0.223 bits per heavy atom. The maximum atomic E-state index is 10.5. The molecule has 0 spiro atoms. The van der Waals surface area contributed by atoms with Crippen molar-refractivity contribution in [2.45, 2.75) is 434 Å². The molecule has 606 valence electrons. The Morgan fingerprint density at radius 1 is 0.143 bits per heavy atom.